The number of aryl methyl sites for hydroxylation is 1. The first kappa shape index (κ1) is 36.6. The summed E-state index contributed by atoms with van der Waals surface area (Å²) in [7, 11) is 0. The fourth-order valence-electron chi connectivity index (χ4n) is 7.98. The lowest BCUT2D eigenvalue weighted by Gasteiger charge is -2.21. The Morgan fingerprint density at radius 3 is 2.38 bits per heavy atom. The van der Waals surface area contributed by atoms with E-state index in [-0.39, 0.29) is 55.7 Å². The van der Waals surface area contributed by atoms with Gasteiger partial charge in [0.1, 0.15) is 26.5 Å². The lowest BCUT2D eigenvalue weighted by Crippen LogP contribution is -2.38. The highest BCUT2D eigenvalue weighted by atomic mass is 16.6. The largest absolute Gasteiger partial charge is 0.458 e. The number of nitrogens with zero attached hydrogens (tertiary/aromatic N) is 2. The van der Waals surface area contributed by atoms with E-state index in [4.69, 9.17) is 19.2 Å². The number of pyridine rings is 2. The third-order valence-electron chi connectivity index (χ3n) is 10.7. The molecule has 0 saturated heterocycles. The molecule has 4 heterocycles. The molecule has 3 N–H and O–H groups in total. The van der Waals surface area contributed by atoms with Crippen LogP contribution >= 0.6 is 0 Å². The van der Waals surface area contributed by atoms with Gasteiger partial charge in [-0.1, -0.05) is 80.6 Å². The molecule has 0 spiro atoms. The van der Waals surface area contributed by atoms with Crippen molar-refractivity contribution in [3.05, 3.63) is 134 Å². The Morgan fingerprint density at radius 2 is 1.62 bits per heavy atom. The second-order valence-electron chi connectivity index (χ2n) is 13.7. The van der Waals surface area contributed by atoms with Crippen LogP contribution < -0.4 is 16.2 Å². The van der Waals surface area contributed by atoms with E-state index in [1.54, 1.807) is 10.6 Å². The van der Waals surface area contributed by atoms with Gasteiger partial charge in [0.15, 0.2) is 6.10 Å². The third-order valence-corrected chi connectivity index (χ3v) is 10.7. The van der Waals surface area contributed by atoms with E-state index in [0.717, 1.165) is 60.6 Å². The Hall–Kier alpha value is -6.37. The minimum absolute atomic E-state index is 0.0603. The van der Waals surface area contributed by atoms with Crippen molar-refractivity contribution in [3.8, 4) is 22.5 Å². The highest BCUT2D eigenvalue weighted by Crippen LogP contribution is 2.44. The average Bonchev–Trinajstić information content (AvgIpc) is 3.76. The molecular weight excluding hydrogens is 713 g/mol. The van der Waals surface area contributed by atoms with Gasteiger partial charge in [-0.3, -0.25) is 9.59 Å². The molecule has 0 fully saturated rings. The molecule has 6 aromatic rings. The zero-order valence-electron chi connectivity index (χ0n) is 31.2. The number of alkyl carbamates (subject to hydrolysis) is 1. The van der Waals surface area contributed by atoms with Crippen molar-refractivity contribution in [2.24, 2.45) is 0 Å². The number of aromatic nitrogens is 2. The number of benzene rings is 4. The molecule has 0 bridgehead atoms. The first-order valence-corrected chi connectivity index (χ1v) is 18.7. The second kappa shape index (κ2) is 15.0. The van der Waals surface area contributed by atoms with Crippen LogP contribution in [0.3, 0.4) is 0 Å². The maximum Gasteiger partial charge on any atom is 0.407 e. The molecule has 2 amide bonds. The predicted molar refractivity (Wildman–Crippen MR) is 210 cm³/mol. The average molecular weight is 753 g/mol. The van der Waals surface area contributed by atoms with E-state index < -0.39 is 24.1 Å². The number of hydrogen-bond acceptors (Lipinski definition) is 9. The molecule has 1 aliphatic carbocycles. The molecule has 0 saturated carbocycles. The number of cyclic esters (lactones) is 1. The molecular formula is C44H40N4O8. The minimum atomic E-state index is -1.51. The van der Waals surface area contributed by atoms with E-state index in [9.17, 15) is 24.3 Å². The summed E-state index contributed by atoms with van der Waals surface area (Å²) in [4.78, 5) is 55.4. The van der Waals surface area contributed by atoms with Crippen LogP contribution in [0.2, 0.25) is 0 Å². The smallest absolute Gasteiger partial charge is 0.407 e. The van der Waals surface area contributed by atoms with Crippen molar-refractivity contribution in [2.75, 3.05) is 19.9 Å². The number of carbonyl (C=O) groups is 3. The van der Waals surface area contributed by atoms with Gasteiger partial charge in [-0.25, -0.2) is 14.6 Å². The van der Waals surface area contributed by atoms with Gasteiger partial charge in [0.05, 0.1) is 35.6 Å². The first-order chi connectivity index (χ1) is 27.3. The van der Waals surface area contributed by atoms with Gasteiger partial charge in [0.2, 0.25) is 5.91 Å². The Balaban J connectivity index is 0.00000217. The lowest BCUT2D eigenvalue weighted by molar-refractivity contribution is -0.157. The molecule has 12 heteroatoms. The summed E-state index contributed by atoms with van der Waals surface area (Å²) in [5, 5.41) is 18.6. The molecule has 56 heavy (non-hydrogen) atoms. The summed E-state index contributed by atoms with van der Waals surface area (Å²) in [5.41, 5.74) is 9.43. The van der Waals surface area contributed by atoms with Crippen LogP contribution in [0.1, 0.15) is 64.8 Å². The van der Waals surface area contributed by atoms with E-state index in [2.05, 4.69) is 22.8 Å². The van der Waals surface area contributed by atoms with Gasteiger partial charge in [0.25, 0.3) is 5.56 Å². The van der Waals surface area contributed by atoms with Crippen molar-refractivity contribution in [2.45, 2.75) is 52.6 Å². The summed E-state index contributed by atoms with van der Waals surface area (Å²) < 4.78 is 17.9. The zero-order valence-corrected chi connectivity index (χ0v) is 31.2. The van der Waals surface area contributed by atoms with E-state index in [1.165, 1.54) is 0 Å². The summed E-state index contributed by atoms with van der Waals surface area (Å²) in [6.45, 7) is 6.20. The summed E-state index contributed by atoms with van der Waals surface area (Å²) in [6.07, 6.45) is -2.19. The fraction of sp³-hybridized carbons (Fsp3) is 0.250. The molecule has 12 nitrogen and oxygen atoms in total. The van der Waals surface area contributed by atoms with Crippen molar-refractivity contribution in [1.29, 1.82) is 0 Å². The Labute approximate surface area is 322 Å². The number of amides is 2. The van der Waals surface area contributed by atoms with Crippen LogP contribution in [-0.4, -0.2) is 52.5 Å². The van der Waals surface area contributed by atoms with E-state index in [1.807, 2.05) is 87.5 Å². The number of rotatable bonds is 8. The van der Waals surface area contributed by atoms with Crippen LogP contribution in [0.15, 0.2) is 89.7 Å². The maximum absolute atomic E-state index is 13.4. The summed E-state index contributed by atoms with van der Waals surface area (Å²) in [5.74, 6) is -1.27. The van der Waals surface area contributed by atoms with Crippen LogP contribution in [0.4, 0.5) is 4.79 Å². The highest BCUT2D eigenvalue weighted by Gasteiger charge is 2.34. The number of esters is 1. The molecule has 9 rings (SSSR count). The molecule has 3 aliphatic rings. The molecule has 2 aromatic heterocycles. The van der Waals surface area contributed by atoms with E-state index in [0.29, 0.717) is 17.9 Å². The molecule has 2 aliphatic heterocycles. The Morgan fingerprint density at radius 1 is 0.911 bits per heavy atom. The van der Waals surface area contributed by atoms with Crippen molar-refractivity contribution < 1.29 is 33.7 Å². The number of carbonyl (C=O) groups excluding carboxylic acids is 3. The molecule has 1 unspecified atom stereocenters. The first-order valence-electron chi connectivity index (χ1n) is 18.7. The van der Waals surface area contributed by atoms with Crippen LogP contribution in [0, 0.1) is 6.92 Å². The highest BCUT2D eigenvalue weighted by molar-refractivity contribution is 6.09. The fourth-order valence-corrected chi connectivity index (χ4v) is 7.98. The molecule has 0 radical (unpaired) electrons. The van der Waals surface area contributed by atoms with Gasteiger partial charge < -0.3 is 34.5 Å². The van der Waals surface area contributed by atoms with Gasteiger partial charge in [-0.15, -0.1) is 0 Å². The van der Waals surface area contributed by atoms with Crippen molar-refractivity contribution in [1.82, 2.24) is 20.2 Å². The van der Waals surface area contributed by atoms with E-state index >= 15 is 0 Å². The normalized spacial score (nSPS) is 14.8. The number of ether oxygens (including phenoxy) is 3. The Kier molecular flexibility index (Phi) is 9.83. The van der Waals surface area contributed by atoms with Crippen LogP contribution in [-0.2, 0) is 43.6 Å². The zero-order chi connectivity index (χ0) is 39.1. The van der Waals surface area contributed by atoms with Crippen LogP contribution in [0.5, 0.6) is 0 Å². The number of hydrogen-bond donors (Lipinski definition) is 3. The van der Waals surface area contributed by atoms with Crippen molar-refractivity contribution in [3.63, 3.8) is 0 Å². The summed E-state index contributed by atoms with van der Waals surface area (Å²) >= 11 is 0. The van der Waals surface area contributed by atoms with Crippen molar-refractivity contribution >= 4 is 39.6 Å². The topological polar surface area (TPSA) is 158 Å². The third kappa shape index (κ3) is 6.36. The number of aliphatic hydroxyl groups is 1. The maximum atomic E-state index is 13.4. The number of aliphatic hydroxyl groups excluding tert-OH is 1. The lowest BCUT2D eigenvalue weighted by atomic mass is 9.95. The quantitative estimate of drug-likeness (QED) is 0.0719. The Bertz CT molecular complexity index is 2590. The number of fused-ring (bicyclic) bond motifs is 10. The minimum Gasteiger partial charge on any atom is -0.458 e. The van der Waals surface area contributed by atoms with Gasteiger partial charge >= 0.3 is 12.1 Å². The van der Waals surface area contributed by atoms with Gasteiger partial charge in [-0.05, 0) is 69.3 Å². The number of nitrogens with one attached hydrogen (secondary N) is 2. The van der Waals surface area contributed by atoms with Gasteiger partial charge in [-0.2, -0.15) is 0 Å². The SMILES string of the molecule is CC.Cc1c2c(nc3ccc4ccc(COCNC(=O)CNC(=O)OCC5c6ccccc6-c6ccccc65)cc4c13)-c1cc3c(c(=O)n1C2)COC(=O)C3O. The van der Waals surface area contributed by atoms with Crippen LogP contribution in [0.25, 0.3) is 44.2 Å². The predicted octanol–water partition coefficient (Wildman–Crippen LogP) is 6.13. The standard InChI is InChI=1S/C42H34N4O8.C2H6/c1-22-31-17-46-35(15-30-33(40(46)49)20-53-41(50)39(30)48)38(31)45-34-13-12-24-11-10-23(14-29(24)37(22)34)18-52-21-44-36(47)16-43-42(51)54-19-32-27-8-4-2-6-25(27)26-7-3-5-9-28(26)32;1-2/h2-15,32,39,48H,16-21H2,1H3,(H,43,51)(H,44,47);1-2H3. The second-order valence-corrected chi connectivity index (χ2v) is 13.7. The molecule has 1 atom stereocenters. The molecule has 284 valence electrons. The van der Waals surface area contributed by atoms with Gasteiger partial charge in [0, 0.05) is 22.4 Å². The monoisotopic (exact) mass is 752 g/mol. The summed E-state index contributed by atoms with van der Waals surface area (Å²) in [6, 6.07) is 27.8. The molecule has 4 aromatic carbocycles.